The number of halogens is 3. The quantitative estimate of drug-likeness (QED) is 0.848. The van der Waals surface area contributed by atoms with Gasteiger partial charge in [0.2, 0.25) is 0 Å². The van der Waals surface area contributed by atoms with E-state index < -0.39 is 17.6 Å². The smallest absolute Gasteiger partial charge is 0.339 e. The van der Waals surface area contributed by atoms with Crippen LogP contribution in [0.2, 0.25) is 0 Å². The fourth-order valence-corrected chi connectivity index (χ4v) is 2.34. The Bertz CT molecular complexity index is 697. The van der Waals surface area contributed by atoms with Gasteiger partial charge in [0.1, 0.15) is 5.56 Å². The third kappa shape index (κ3) is 2.40. The number of carbonyl (C=O) groups is 1. The van der Waals surface area contributed by atoms with Gasteiger partial charge < -0.3 is 5.11 Å². The Hall–Kier alpha value is -1.89. The molecule has 20 heavy (non-hydrogen) atoms. The molecule has 0 unspecified atom stereocenters. The summed E-state index contributed by atoms with van der Waals surface area (Å²) in [6.07, 6.45) is 0. The van der Waals surface area contributed by atoms with Gasteiger partial charge in [-0.15, -0.1) is 0 Å². The lowest BCUT2D eigenvalue weighted by molar-refractivity contribution is 0.0694. The SMILES string of the molecule is Cc1nc(-c2ccc(F)c(F)c2Br)nc(C)c1C(=O)O. The molecule has 0 atom stereocenters. The Morgan fingerprint density at radius 3 is 2.25 bits per heavy atom. The average Bonchev–Trinajstić information content (AvgIpc) is 2.34. The highest BCUT2D eigenvalue weighted by molar-refractivity contribution is 9.10. The topological polar surface area (TPSA) is 63.1 Å². The highest BCUT2D eigenvalue weighted by atomic mass is 79.9. The standard InChI is InChI=1S/C13H9BrF2N2O2/c1-5-9(13(19)20)6(2)18-12(17-5)7-3-4-8(15)11(16)10(7)14/h3-4H,1-2H3,(H,19,20). The van der Waals surface area contributed by atoms with Gasteiger partial charge in [-0.2, -0.15) is 0 Å². The number of carboxylic acids is 1. The van der Waals surface area contributed by atoms with Crippen molar-refractivity contribution in [2.24, 2.45) is 0 Å². The molecule has 0 aliphatic carbocycles. The van der Waals surface area contributed by atoms with Crippen LogP contribution in [0.25, 0.3) is 11.4 Å². The van der Waals surface area contributed by atoms with Gasteiger partial charge in [-0.25, -0.2) is 23.5 Å². The van der Waals surface area contributed by atoms with E-state index in [-0.39, 0.29) is 32.8 Å². The summed E-state index contributed by atoms with van der Waals surface area (Å²) in [5.74, 6) is -3.02. The van der Waals surface area contributed by atoms with E-state index in [4.69, 9.17) is 5.11 Å². The Morgan fingerprint density at radius 2 is 1.75 bits per heavy atom. The van der Waals surface area contributed by atoms with Crippen LogP contribution in [0, 0.1) is 25.5 Å². The lowest BCUT2D eigenvalue weighted by Crippen LogP contribution is -2.08. The first-order valence-electron chi connectivity index (χ1n) is 5.55. The second-order valence-electron chi connectivity index (χ2n) is 4.12. The van der Waals surface area contributed by atoms with E-state index in [0.717, 1.165) is 6.07 Å². The molecule has 1 N–H and O–H groups in total. The molecular weight excluding hydrogens is 334 g/mol. The zero-order valence-electron chi connectivity index (χ0n) is 10.5. The normalized spacial score (nSPS) is 10.7. The minimum absolute atomic E-state index is 0.00690. The first-order chi connectivity index (χ1) is 9.32. The number of carboxylic acid groups (broad SMARTS) is 1. The first kappa shape index (κ1) is 14.5. The number of aromatic carboxylic acids is 1. The molecule has 0 saturated carbocycles. The highest BCUT2D eigenvalue weighted by Gasteiger charge is 2.19. The molecule has 2 aromatic rings. The minimum Gasteiger partial charge on any atom is -0.478 e. The monoisotopic (exact) mass is 342 g/mol. The van der Waals surface area contributed by atoms with Crippen molar-refractivity contribution in [2.75, 3.05) is 0 Å². The second-order valence-corrected chi connectivity index (χ2v) is 4.91. The van der Waals surface area contributed by atoms with Gasteiger partial charge in [0.25, 0.3) is 0 Å². The summed E-state index contributed by atoms with van der Waals surface area (Å²) in [5, 5.41) is 9.04. The molecule has 0 radical (unpaired) electrons. The van der Waals surface area contributed by atoms with Crippen LogP contribution in [0.1, 0.15) is 21.7 Å². The van der Waals surface area contributed by atoms with Gasteiger partial charge in [0.05, 0.1) is 15.9 Å². The molecular formula is C13H9BrF2N2O2. The lowest BCUT2D eigenvalue weighted by atomic mass is 10.1. The summed E-state index contributed by atoms with van der Waals surface area (Å²) in [4.78, 5) is 19.1. The van der Waals surface area contributed by atoms with Gasteiger partial charge >= 0.3 is 5.97 Å². The fraction of sp³-hybridized carbons (Fsp3) is 0.154. The molecule has 4 nitrogen and oxygen atoms in total. The molecule has 2 rings (SSSR count). The van der Waals surface area contributed by atoms with E-state index in [2.05, 4.69) is 25.9 Å². The van der Waals surface area contributed by atoms with Gasteiger partial charge in [-0.3, -0.25) is 0 Å². The Balaban J connectivity index is 2.66. The predicted molar refractivity (Wildman–Crippen MR) is 71.5 cm³/mol. The largest absolute Gasteiger partial charge is 0.478 e. The number of rotatable bonds is 2. The van der Waals surface area contributed by atoms with E-state index in [9.17, 15) is 13.6 Å². The zero-order valence-corrected chi connectivity index (χ0v) is 12.1. The van der Waals surface area contributed by atoms with E-state index >= 15 is 0 Å². The summed E-state index contributed by atoms with van der Waals surface area (Å²) >= 11 is 2.95. The predicted octanol–water partition coefficient (Wildman–Crippen LogP) is 3.50. The van der Waals surface area contributed by atoms with Crippen molar-refractivity contribution in [3.63, 3.8) is 0 Å². The molecule has 1 aromatic carbocycles. The van der Waals surface area contributed by atoms with Crippen molar-refractivity contribution < 1.29 is 18.7 Å². The molecule has 104 valence electrons. The number of benzene rings is 1. The molecule has 1 aromatic heterocycles. The summed E-state index contributed by atoms with van der Waals surface area (Å²) in [6, 6.07) is 2.30. The van der Waals surface area contributed by atoms with Gasteiger partial charge in [-0.05, 0) is 41.9 Å². The summed E-state index contributed by atoms with van der Waals surface area (Å²) < 4.78 is 26.5. The van der Waals surface area contributed by atoms with Crippen LogP contribution in [0.4, 0.5) is 8.78 Å². The minimum atomic E-state index is -1.13. The maximum absolute atomic E-state index is 13.5. The number of hydrogen-bond donors (Lipinski definition) is 1. The molecule has 7 heteroatoms. The third-order valence-electron chi connectivity index (χ3n) is 2.76. The molecule has 0 fully saturated rings. The van der Waals surface area contributed by atoms with Crippen molar-refractivity contribution in [1.82, 2.24) is 9.97 Å². The van der Waals surface area contributed by atoms with Crippen LogP contribution in [-0.2, 0) is 0 Å². The Morgan fingerprint density at radius 1 is 1.20 bits per heavy atom. The summed E-state index contributed by atoms with van der Waals surface area (Å²) in [5.41, 5.74) is 0.785. The van der Waals surface area contributed by atoms with Crippen LogP contribution in [0.3, 0.4) is 0 Å². The Kier molecular flexibility index (Phi) is 3.80. The van der Waals surface area contributed by atoms with Crippen molar-refractivity contribution in [1.29, 1.82) is 0 Å². The van der Waals surface area contributed by atoms with E-state index in [1.807, 2.05) is 0 Å². The third-order valence-corrected chi connectivity index (χ3v) is 3.54. The van der Waals surface area contributed by atoms with Crippen LogP contribution >= 0.6 is 15.9 Å². The van der Waals surface area contributed by atoms with E-state index in [1.165, 1.54) is 19.9 Å². The Labute approximate surface area is 121 Å². The number of aromatic nitrogens is 2. The maximum atomic E-state index is 13.5. The average molecular weight is 343 g/mol. The van der Waals surface area contributed by atoms with E-state index in [1.54, 1.807) is 0 Å². The van der Waals surface area contributed by atoms with Crippen molar-refractivity contribution in [3.8, 4) is 11.4 Å². The lowest BCUT2D eigenvalue weighted by Gasteiger charge is -2.09. The van der Waals surface area contributed by atoms with Crippen molar-refractivity contribution in [3.05, 3.63) is 45.2 Å². The summed E-state index contributed by atoms with van der Waals surface area (Å²) in [7, 11) is 0. The van der Waals surface area contributed by atoms with Gasteiger partial charge in [-0.1, -0.05) is 0 Å². The van der Waals surface area contributed by atoms with Crippen molar-refractivity contribution >= 4 is 21.9 Å². The van der Waals surface area contributed by atoms with Crippen LogP contribution in [0.5, 0.6) is 0 Å². The van der Waals surface area contributed by atoms with Gasteiger partial charge in [0.15, 0.2) is 17.5 Å². The number of nitrogens with zero attached hydrogens (tertiary/aromatic N) is 2. The second kappa shape index (κ2) is 5.24. The maximum Gasteiger partial charge on any atom is 0.339 e. The van der Waals surface area contributed by atoms with Crippen LogP contribution in [0.15, 0.2) is 16.6 Å². The molecule has 0 bridgehead atoms. The molecule has 0 saturated heterocycles. The van der Waals surface area contributed by atoms with Crippen LogP contribution in [-0.4, -0.2) is 21.0 Å². The number of hydrogen-bond acceptors (Lipinski definition) is 3. The first-order valence-corrected chi connectivity index (χ1v) is 6.34. The highest BCUT2D eigenvalue weighted by Crippen LogP contribution is 2.30. The molecule has 0 aliphatic heterocycles. The van der Waals surface area contributed by atoms with Crippen molar-refractivity contribution in [2.45, 2.75) is 13.8 Å². The summed E-state index contributed by atoms with van der Waals surface area (Å²) in [6.45, 7) is 3.05. The molecule has 0 spiro atoms. The molecule has 0 aliphatic rings. The molecule has 0 amide bonds. The van der Waals surface area contributed by atoms with Gasteiger partial charge in [0, 0.05) is 5.56 Å². The van der Waals surface area contributed by atoms with E-state index in [0.29, 0.717) is 0 Å². The number of aryl methyl sites for hydroxylation is 2. The fourth-order valence-electron chi connectivity index (χ4n) is 1.84. The zero-order chi connectivity index (χ0) is 15.0. The van der Waals surface area contributed by atoms with Crippen LogP contribution < -0.4 is 0 Å². The molecule has 1 heterocycles.